The second-order valence-corrected chi connectivity index (χ2v) is 7.81. The molecule has 29 heavy (non-hydrogen) atoms. The number of fused-ring (bicyclic) bond motifs is 1. The Morgan fingerprint density at radius 2 is 1.97 bits per heavy atom. The molecule has 148 valence electrons. The molecule has 0 amide bonds. The summed E-state index contributed by atoms with van der Waals surface area (Å²) in [5, 5.41) is 0.621. The van der Waals surface area contributed by atoms with Crippen LogP contribution in [0, 0.1) is 6.92 Å². The van der Waals surface area contributed by atoms with Crippen LogP contribution in [0.1, 0.15) is 33.9 Å². The van der Waals surface area contributed by atoms with E-state index in [1.54, 1.807) is 16.7 Å². The first kappa shape index (κ1) is 19.1. The fraction of sp³-hybridized carbons (Fsp3) is 0.227. The van der Waals surface area contributed by atoms with Crippen molar-refractivity contribution in [3.05, 3.63) is 75.0 Å². The zero-order valence-electron chi connectivity index (χ0n) is 16.4. The maximum absolute atomic E-state index is 13.5. The van der Waals surface area contributed by atoms with Gasteiger partial charge in [0.2, 0.25) is 5.76 Å². The number of nitrogens with zero attached hydrogens (tertiary/aromatic N) is 2. The molecule has 3 heterocycles. The number of rotatable bonds is 5. The normalized spacial score (nSPS) is 11.1. The number of benzene rings is 1. The molecule has 0 radical (unpaired) electrons. The number of hydrogen-bond donors (Lipinski definition) is 0. The third kappa shape index (κ3) is 3.38. The van der Waals surface area contributed by atoms with Crippen molar-refractivity contribution in [1.82, 2.24) is 9.55 Å². The quantitative estimate of drug-likeness (QED) is 0.457. The minimum Gasteiger partial charge on any atom is -0.463 e. The summed E-state index contributed by atoms with van der Waals surface area (Å²) in [7, 11) is 1.30. The van der Waals surface area contributed by atoms with Crippen LogP contribution in [0.5, 0.6) is 0 Å². The molecule has 0 unspecified atom stereocenters. The molecule has 0 N–H and O–H groups in total. The van der Waals surface area contributed by atoms with Crippen LogP contribution in [-0.4, -0.2) is 22.6 Å². The molecule has 0 fully saturated rings. The first-order valence-electron chi connectivity index (χ1n) is 9.28. The first-order valence-corrected chi connectivity index (χ1v) is 10.1. The molecule has 0 atom stereocenters. The Labute approximate surface area is 171 Å². The van der Waals surface area contributed by atoms with Crippen LogP contribution in [0.25, 0.3) is 21.3 Å². The monoisotopic (exact) mass is 408 g/mol. The zero-order chi connectivity index (χ0) is 20.5. The smallest absolute Gasteiger partial charge is 0.373 e. The number of esters is 1. The van der Waals surface area contributed by atoms with Crippen molar-refractivity contribution in [2.45, 2.75) is 26.8 Å². The van der Waals surface area contributed by atoms with Crippen LogP contribution >= 0.6 is 11.3 Å². The highest BCUT2D eigenvalue weighted by atomic mass is 32.1. The average molecular weight is 408 g/mol. The maximum Gasteiger partial charge on any atom is 0.373 e. The summed E-state index contributed by atoms with van der Waals surface area (Å²) in [4.78, 5) is 31.7. The van der Waals surface area contributed by atoms with Crippen LogP contribution < -0.4 is 5.56 Å². The van der Waals surface area contributed by atoms with E-state index < -0.39 is 5.97 Å². The number of carbonyl (C=O) groups excluding carboxylic acids is 1. The van der Waals surface area contributed by atoms with Gasteiger partial charge in [-0.1, -0.05) is 37.3 Å². The zero-order valence-corrected chi connectivity index (χ0v) is 17.2. The van der Waals surface area contributed by atoms with Gasteiger partial charge in [-0.25, -0.2) is 9.78 Å². The topological polar surface area (TPSA) is 74.3 Å². The number of methoxy groups -OCH3 is 1. The minimum atomic E-state index is -0.548. The summed E-state index contributed by atoms with van der Waals surface area (Å²) in [6, 6.07) is 13.1. The summed E-state index contributed by atoms with van der Waals surface area (Å²) in [6.45, 7) is 4.18. The molecule has 4 aromatic rings. The lowest BCUT2D eigenvalue weighted by molar-refractivity contribution is 0.0563. The number of carbonyl (C=O) groups is 1. The van der Waals surface area contributed by atoms with Gasteiger partial charge in [0.25, 0.3) is 5.56 Å². The molecule has 3 aromatic heterocycles. The van der Waals surface area contributed by atoms with Crippen LogP contribution in [0.4, 0.5) is 0 Å². The Balaban J connectivity index is 1.88. The Hall–Kier alpha value is -3.19. The largest absolute Gasteiger partial charge is 0.463 e. The van der Waals surface area contributed by atoms with Gasteiger partial charge in [-0.2, -0.15) is 0 Å². The van der Waals surface area contributed by atoms with E-state index in [4.69, 9.17) is 9.40 Å². The molecule has 0 bridgehead atoms. The van der Waals surface area contributed by atoms with Crippen molar-refractivity contribution in [2.24, 2.45) is 0 Å². The number of ether oxygens (including phenoxy) is 1. The standard InChI is InChI=1S/C22H20N2O4S/c1-4-17-23-20-19(18(13(2)29-20)14-8-6-5-7-9-14)21(25)24(17)12-15-10-11-16(28-15)22(26)27-3/h5-11H,4,12H2,1-3H3. The van der Waals surface area contributed by atoms with Gasteiger partial charge in [0.1, 0.15) is 16.4 Å². The number of thiophene rings is 1. The third-order valence-electron chi connectivity index (χ3n) is 4.81. The molecule has 1 aromatic carbocycles. The SMILES string of the molecule is CCc1nc2sc(C)c(-c3ccccc3)c2c(=O)n1Cc1ccc(C(=O)OC)o1. The van der Waals surface area contributed by atoms with E-state index in [9.17, 15) is 9.59 Å². The second-order valence-electron chi connectivity index (χ2n) is 6.61. The van der Waals surface area contributed by atoms with Gasteiger partial charge in [-0.15, -0.1) is 11.3 Å². The summed E-state index contributed by atoms with van der Waals surface area (Å²) < 4.78 is 11.9. The molecule has 0 aliphatic rings. The van der Waals surface area contributed by atoms with Gasteiger partial charge in [-0.05, 0) is 24.6 Å². The predicted molar refractivity (Wildman–Crippen MR) is 113 cm³/mol. The van der Waals surface area contributed by atoms with Gasteiger partial charge < -0.3 is 9.15 Å². The lowest BCUT2D eigenvalue weighted by Gasteiger charge is -2.10. The fourth-order valence-corrected chi connectivity index (χ4v) is 4.51. The Kier molecular flexibility index (Phi) is 5.07. The van der Waals surface area contributed by atoms with Crippen LogP contribution in [0.3, 0.4) is 0 Å². The summed E-state index contributed by atoms with van der Waals surface area (Å²) >= 11 is 1.53. The van der Waals surface area contributed by atoms with Crippen molar-refractivity contribution in [1.29, 1.82) is 0 Å². The lowest BCUT2D eigenvalue weighted by Crippen LogP contribution is -2.25. The second kappa shape index (κ2) is 7.67. The molecule has 0 aliphatic heterocycles. The van der Waals surface area contributed by atoms with Gasteiger partial charge in [0, 0.05) is 16.9 Å². The van der Waals surface area contributed by atoms with Crippen molar-refractivity contribution in [3.63, 3.8) is 0 Å². The fourth-order valence-electron chi connectivity index (χ4n) is 3.45. The summed E-state index contributed by atoms with van der Waals surface area (Å²) in [6.07, 6.45) is 0.605. The van der Waals surface area contributed by atoms with E-state index in [1.807, 2.05) is 44.2 Å². The van der Waals surface area contributed by atoms with E-state index in [-0.39, 0.29) is 17.9 Å². The molecule has 4 rings (SSSR count). The van der Waals surface area contributed by atoms with Gasteiger partial charge >= 0.3 is 5.97 Å². The van der Waals surface area contributed by atoms with Gasteiger partial charge in [0.05, 0.1) is 19.0 Å². The third-order valence-corrected chi connectivity index (χ3v) is 5.81. The molecule has 0 spiro atoms. The van der Waals surface area contributed by atoms with Crippen molar-refractivity contribution >= 4 is 27.5 Å². The van der Waals surface area contributed by atoms with Crippen molar-refractivity contribution in [3.8, 4) is 11.1 Å². The minimum absolute atomic E-state index is 0.105. The molecular weight excluding hydrogens is 388 g/mol. The number of hydrogen-bond acceptors (Lipinski definition) is 6. The first-order chi connectivity index (χ1) is 14.0. The average Bonchev–Trinajstić information content (AvgIpc) is 3.34. The van der Waals surface area contributed by atoms with Crippen LogP contribution in [0.2, 0.25) is 0 Å². The summed E-state index contributed by atoms with van der Waals surface area (Å²) in [5.41, 5.74) is 1.82. The van der Waals surface area contributed by atoms with Crippen molar-refractivity contribution < 1.29 is 13.9 Å². The number of aromatic nitrogens is 2. The van der Waals surface area contributed by atoms with E-state index in [0.29, 0.717) is 23.4 Å². The van der Waals surface area contributed by atoms with Gasteiger partial charge in [0.15, 0.2) is 0 Å². The predicted octanol–water partition coefficient (Wildman–Crippen LogP) is 4.42. The van der Waals surface area contributed by atoms with E-state index in [0.717, 1.165) is 20.8 Å². The Morgan fingerprint density at radius 3 is 2.66 bits per heavy atom. The molecule has 0 saturated heterocycles. The highest BCUT2D eigenvalue weighted by Gasteiger charge is 2.20. The molecule has 6 nitrogen and oxygen atoms in total. The highest BCUT2D eigenvalue weighted by Crippen LogP contribution is 2.35. The van der Waals surface area contributed by atoms with E-state index >= 15 is 0 Å². The lowest BCUT2D eigenvalue weighted by atomic mass is 10.0. The molecule has 0 aliphatic carbocycles. The van der Waals surface area contributed by atoms with Crippen molar-refractivity contribution in [2.75, 3.05) is 7.11 Å². The number of aryl methyl sites for hydroxylation is 2. The Bertz CT molecular complexity index is 1250. The van der Waals surface area contributed by atoms with E-state index in [1.165, 1.54) is 18.4 Å². The summed E-state index contributed by atoms with van der Waals surface area (Å²) in [5.74, 6) is 0.739. The highest BCUT2D eigenvalue weighted by molar-refractivity contribution is 7.19. The van der Waals surface area contributed by atoms with E-state index in [2.05, 4.69) is 4.74 Å². The number of furan rings is 1. The van der Waals surface area contributed by atoms with Crippen LogP contribution in [0.15, 0.2) is 51.7 Å². The molecule has 0 saturated carbocycles. The van der Waals surface area contributed by atoms with Crippen LogP contribution in [-0.2, 0) is 17.7 Å². The Morgan fingerprint density at radius 1 is 1.21 bits per heavy atom. The van der Waals surface area contributed by atoms with Gasteiger partial charge in [-0.3, -0.25) is 9.36 Å². The molecule has 7 heteroatoms. The molecular formula is C22H20N2O4S. The maximum atomic E-state index is 13.5.